The zero-order chi connectivity index (χ0) is 13.7. The number of anilines is 2. The number of hydrogen-bond donors (Lipinski definition) is 2. The van der Waals surface area contributed by atoms with Crippen molar-refractivity contribution >= 4 is 17.3 Å². The highest BCUT2D eigenvalue weighted by atomic mass is 16.1. The molecule has 1 aromatic heterocycles. The normalized spacial score (nSPS) is 10.1. The van der Waals surface area contributed by atoms with Gasteiger partial charge in [-0.05, 0) is 24.3 Å². The number of nitrogens with zero attached hydrogens (tertiary/aromatic N) is 1. The van der Waals surface area contributed by atoms with E-state index < -0.39 is 0 Å². The second-order valence-corrected chi connectivity index (χ2v) is 4.16. The third-order valence-corrected chi connectivity index (χ3v) is 2.65. The summed E-state index contributed by atoms with van der Waals surface area (Å²) in [5.41, 5.74) is 6.76. The highest BCUT2D eigenvalue weighted by Gasteiger charge is 2.03. The number of carbonyl (C=O) groups is 1. The molecule has 1 aromatic carbocycles. The van der Waals surface area contributed by atoms with Crippen molar-refractivity contribution < 1.29 is 4.79 Å². The number of hydrogen-bond acceptors (Lipinski definition) is 3. The van der Waals surface area contributed by atoms with Gasteiger partial charge < -0.3 is 15.6 Å². The number of pyridine rings is 1. The van der Waals surface area contributed by atoms with Crippen molar-refractivity contribution in [2.45, 2.75) is 13.0 Å². The Hall–Kier alpha value is -2.56. The zero-order valence-electron chi connectivity index (χ0n) is 10.4. The van der Waals surface area contributed by atoms with E-state index in [0.717, 1.165) is 0 Å². The first-order valence-corrected chi connectivity index (χ1v) is 5.96. The van der Waals surface area contributed by atoms with Gasteiger partial charge in [-0.1, -0.05) is 12.1 Å². The summed E-state index contributed by atoms with van der Waals surface area (Å²) in [7, 11) is 0. The van der Waals surface area contributed by atoms with Crippen molar-refractivity contribution in [1.82, 2.24) is 4.57 Å². The minimum Gasteiger partial charge on any atom is -0.399 e. The van der Waals surface area contributed by atoms with Crippen LogP contribution in [0.3, 0.4) is 0 Å². The Bertz CT molecular complexity index is 634. The van der Waals surface area contributed by atoms with Crippen molar-refractivity contribution in [2.75, 3.05) is 11.1 Å². The molecule has 0 aliphatic carbocycles. The van der Waals surface area contributed by atoms with Gasteiger partial charge in [-0.2, -0.15) is 0 Å². The van der Waals surface area contributed by atoms with Gasteiger partial charge in [-0.15, -0.1) is 0 Å². The van der Waals surface area contributed by atoms with E-state index in [9.17, 15) is 9.59 Å². The fourth-order valence-electron chi connectivity index (χ4n) is 1.71. The Morgan fingerprint density at radius 1 is 1.21 bits per heavy atom. The zero-order valence-corrected chi connectivity index (χ0v) is 10.4. The van der Waals surface area contributed by atoms with E-state index in [0.29, 0.717) is 17.9 Å². The minimum absolute atomic E-state index is 0.112. The maximum absolute atomic E-state index is 11.7. The lowest BCUT2D eigenvalue weighted by atomic mass is 10.2. The van der Waals surface area contributed by atoms with Crippen LogP contribution in [0.5, 0.6) is 0 Å². The molecule has 2 aromatic rings. The second kappa shape index (κ2) is 5.86. The molecule has 5 heteroatoms. The number of aryl methyl sites for hydroxylation is 1. The van der Waals surface area contributed by atoms with Crippen LogP contribution in [-0.2, 0) is 11.3 Å². The van der Waals surface area contributed by atoms with Crippen molar-refractivity contribution in [3.8, 4) is 0 Å². The molecular formula is C14H15N3O2. The molecule has 0 saturated heterocycles. The van der Waals surface area contributed by atoms with Crippen LogP contribution in [0.4, 0.5) is 11.4 Å². The van der Waals surface area contributed by atoms with Gasteiger partial charge in [-0.25, -0.2) is 0 Å². The maximum atomic E-state index is 11.7. The Balaban J connectivity index is 1.92. The van der Waals surface area contributed by atoms with Crippen LogP contribution in [0.2, 0.25) is 0 Å². The first-order chi connectivity index (χ1) is 9.15. The average molecular weight is 257 g/mol. The van der Waals surface area contributed by atoms with Crippen molar-refractivity contribution in [1.29, 1.82) is 0 Å². The summed E-state index contributed by atoms with van der Waals surface area (Å²) < 4.78 is 1.50. The molecule has 19 heavy (non-hydrogen) atoms. The molecule has 5 nitrogen and oxygen atoms in total. The molecule has 0 aliphatic rings. The molecule has 0 bridgehead atoms. The Labute approximate surface area is 110 Å². The molecule has 0 aliphatic heterocycles. The summed E-state index contributed by atoms with van der Waals surface area (Å²) in [4.78, 5) is 23.2. The molecular weight excluding hydrogens is 242 g/mol. The highest BCUT2D eigenvalue weighted by Crippen LogP contribution is 2.11. The molecule has 0 radical (unpaired) electrons. The van der Waals surface area contributed by atoms with E-state index in [1.165, 1.54) is 10.6 Å². The lowest BCUT2D eigenvalue weighted by Gasteiger charge is -2.07. The molecule has 0 saturated carbocycles. The molecule has 98 valence electrons. The summed E-state index contributed by atoms with van der Waals surface area (Å²) in [5.74, 6) is -0.152. The van der Waals surface area contributed by atoms with Crippen LogP contribution in [0.15, 0.2) is 53.5 Å². The van der Waals surface area contributed by atoms with Gasteiger partial charge in [0.15, 0.2) is 0 Å². The number of nitrogen functional groups attached to an aromatic ring is 1. The Kier molecular flexibility index (Phi) is 3.97. The molecule has 3 N–H and O–H groups in total. The Morgan fingerprint density at radius 2 is 2.05 bits per heavy atom. The summed E-state index contributed by atoms with van der Waals surface area (Å²) >= 11 is 0. The molecule has 0 unspecified atom stereocenters. The first-order valence-electron chi connectivity index (χ1n) is 5.96. The topological polar surface area (TPSA) is 77.1 Å². The van der Waals surface area contributed by atoms with Crippen LogP contribution in [0.1, 0.15) is 6.42 Å². The first kappa shape index (κ1) is 12.9. The van der Waals surface area contributed by atoms with E-state index in [4.69, 9.17) is 5.73 Å². The van der Waals surface area contributed by atoms with Gasteiger partial charge >= 0.3 is 0 Å². The summed E-state index contributed by atoms with van der Waals surface area (Å²) in [6.45, 7) is 0.355. The predicted octanol–water partition coefficient (Wildman–Crippen LogP) is 1.46. The highest BCUT2D eigenvalue weighted by molar-refractivity contribution is 5.91. The third kappa shape index (κ3) is 3.70. The van der Waals surface area contributed by atoms with Gasteiger partial charge in [0.2, 0.25) is 5.91 Å². The second-order valence-electron chi connectivity index (χ2n) is 4.16. The number of amides is 1. The summed E-state index contributed by atoms with van der Waals surface area (Å²) in [6, 6.07) is 11.9. The molecule has 1 amide bonds. The van der Waals surface area contributed by atoms with Crippen LogP contribution in [0, 0.1) is 0 Å². The molecule has 2 rings (SSSR count). The molecule has 0 atom stereocenters. The lowest BCUT2D eigenvalue weighted by Crippen LogP contribution is -2.21. The summed E-state index contributed by atoms with van der Waals surface area (Å²) in [5, 5.41) is 2.74. The number of nitrogens with one attached hydrogen (secondary N) is 1. The van der Waals surface area contributed by atoms with Gasteiger partial charge in [0.05, 0.1) is 0 Å². The quantitative estimate of drug-likeness (QED) is 0.814. The van der Waals surface area contributed by atoms with Crippen LogP contribution in [-0.4, -0.2) is 10.5 Å². The van der Waals surface area contributed by atoms with Crippen molar-refractivity contribution in [3.05, 3.63) is 59.0 Å². The van der Waals surface area contributed by atoms with Crippen LogP contribution < -0.4 is 16.6 Å². The number of nitrogens with two attached hydrogens (primary N) is 1. The number of benzene rings is 1. The van der Waals surface area contributed by atoms with Crippen LogP contribution in [0.25, 0.3) is 0 Å². The van der Waals surface area contributed by atoms with E-state index >= 15 is 0 Å². The number of rotatable bonds is 4. The lowest BCUT2D eigenvalue weighted by molar-refractivity contribution is -0.116. The van der Waals surface area contributed by atoms with E-state index in [2.05, 4.69) is 5.32 Å². The maximum Gasteiger partial charge on any atom is 0.250 e. The SMILES string of the molecule is Nc1cccc(NC(=O)CCn2ccccc2=O)c1. The average Bonchev–Trinajstić information content (AvgIpc) is 2.38. The van der Waals surface area contributed by atoms with E-state index in [1.54, 1.807) is 42.6 Å². The smallest absolute Gasteiger partial charge is 0.250 e. The molecule has 0 spiro atoms. The largest absolute Gasteiger partial charge is 0.399 e. The van der Waals surface area contributed by atoms with Gasteiger partial charge in [0.1, 0.15) is 0 Å². The minimum atomic E-state index is -0.152. The van der Waals surface area contributed by atoms with Gasteiger partial charge in [0, 0.05) is 36.6 Å². The van der Waals surface area contributed by atoms with Crippen molar-refractivity contribution in [3.63, 3.8) is 0 Å². The number of carbonyl (C=O) groups excluding carboxylic acids is 1. The van der Waals surface area contributed by atoms with E-state index in [-0.39, 0.29) is 17.9 Å². The van der Waals surface area contributed by atoms with Gasteiger partial charge in [-0.3, -0.25) is 9.59 Å². The van der Waals surface area contributed by atoms with Crippen LogP contribution >= 0.6 is 0 Å². The monoisotopic (exact) mass is 257 g/mol. The molecule has 0 fully saturated rings. The van der Waals surface area contributed by atoms with Crippen molar-refractivity contribution in [2.24, 2.45) is 0 Å². The fraction of sp³-hybridized carbons (Fsp3) is 0.143. The Morgan fingerprint density at radius 3 is 2.79 bits per heavy atom. The third-order valence-electron chi connectivity index (χ3n) is 2.65. The molecule has 1 heterocycles. The van der Waals surface area contributed by atoms with Gasteiger partial charge in [0.25, 0.3) is 5.56 Å². The fourth-order valence-corrected chi connectivity index (χ4v) is 1.71. The number of aromatic nitrogens is 1. The van der Waals surface area contributed by atoms with E-state index in [1.807, 2.05) is 0 Å². The summed E-state index contributed by atoms with van der Waals surface area (Å²) in [6.07, 6.45) is 1.90. The predicted molar refractivity (Wildman–Crippen MR) is 74.8 cm³/mol. The standard InChI is InChI=1S/C14H15N3O2/c15-11-4-3-5-12(10-11)16-13(18)7-9-17-8-2-1-6-14(17)19/h1-6,8,10H,7,9,15H2,(H,16,18).